The van der Waals surface area contributed by atoms with Crippen molar-refractivity contribution in [3.8, 4) is 11.4 Å². The van der Waals surface area contributed by atoms with Crippen LogP contribution in [0.25, 0.3) is 11.4 Å². The number of benzene rings is 1. The molecule has 0 aliphatic rings. The Kier molecular flexibility index (Phi) is 2.55. The molecule has 0 radical (unpaired) electrons. The lowest BCUT2D eigenvalue weighted by Crippen LogP contribution is -2.00. The molecule has 76 valence electrons. The van der Waals surface area contributed by atoms with Crippen LogP contribution in [0.5, 0.6) is 0 Å². The topological polar surface area (TPSA) is 38.7 Å². The van der Waals surface area contributed by atoms with E-state index in [9.17, 15) is 8.78 Å². The van der Waals surface area contributed by atoms with E-state index >= 15 is 0 Å². The van der Waals surface area contributed by atoms with Gasteiger partial charge in [0.2, 0.25) is 0 Å². The lowest BCUT2D eigenvalue weighted by atomic mass is 10.2. The smallest absolute Gasteiger partial charge is 0.182 e. The Bertz CT molecular complexity index is 467. The van der Waals surface area contributed by atoms with Crippen molar-refractivity contribution < 1.29 is 8.78 Å². The van der Waals surface area contributed by atoms with E-state index < -0.39 is 12.2 Å². The fourth-order valence-electron chi connectivity index (χ4n) is 1.05. The molecular formula is C9H4ClF2N3. The molecule has 1 aromatic carbocycles. The highest BCUT2D eigenvalue weighted by Gasteiger charge is 2.07. The van der Waals surface area contributed by atoms with Gasteiger partial charge in [-0.3, -0.25) is 0 Å². The third-order valence-corrected chi connectivity index (χ3v) is 1.94. The quantitative estimate of drug-likeness (QED) is 0.751. The summed E-state index contributed by atoms with van der Waals surface area (Å²) >= 11 is 5.66. The molecule has 0 unspecified atom stereocenters. The highest BCUT2D eigenvalue weighted by atomic mass is 35.5. The van der Waals surface area contributed by atoms with E-state index in [1.807, 2.05) is 0 Å². The maximum absolute atomic E-state index is 12.7. The van der Waals surface area contributed by atoms with Crippen LogP contribution in [0.1, 0.15) is 0 Å². The predicted octanol–water partition coefficient (Wildman–Crippen LogP) is 2.47. The SMILES string of the molecule is Fc1nc(F)nc(-c2ccc(Cl)cc2)n1. The van der Waals surface area contributed by atoms with Crippen LogP contribution in [0.2, 0.25) is 5.02 Å². The molecule has 0 saturated heterocycles. The number of halogens is 3. The third-order valence-electron chi connectivity index (χ3n) is 1.68. The van der Waals surface area contributed by atoms with Crippen LogP contribution in [0.15, 0.2) is 24.3 Å². The number of aromatic nitrogens is 3. The Morgan fingerprint density at radius 2 is 1.40 bits per heavy atom. The standard InChI is InChI=1S/C9H4ClF2N3/c10-6-3-1-5(2-4-6)7-13-8(11)15-9(12)14-7/h1-4H. The summed E-state index contributed by atoms with van der Waals surface area (Å²) < 4.78 is 25.3. The van der Waals surface area contributed by atoms with Crippen LogP contribution >= 0.6 is 11.6 Å². The first-order chi connectivity index (χ1) is 7.15. The van der Waals surface area contributed by atoms with E-state index in [1.165, 1.54) is 0 Å². The summed E-state index contributed by atoms with van der Waals surface area (Å²) in [5.74, 6) is -0.0586. The maximum Gasteiger partial charge on any atom is 0.314 e. The van der Waals surface area contributed by atoms with Crippen molar-refractivity contribution in [2.24, 2.45) is 0 Å². The van der Waals surface area contributed by atoms with Crippen molar-refractivity contribution in [3.63, 3.8) is 0 Å². The van der Waals surface area contributed by atoms with Gasteiger partial charge in [-0.25, -0.2) is 0 Å². The van der Waals surface area contributed by atoms with Gasteiger partial charge < -0.3 is 0 Å². The second kappa shape index (κ2) is 3.86. The molecule has 0 aliphatic carbocycles. The Morgan fingerprint density at radius 3 is 1.93 bits per heavy atom. The average molecular weight is 228 g/mol. The van der Waals surface area contributed by atoms with Gasteiger partial charge in [-0.1, -0.05) is 11.6 Å². The zero-order valence-corrected chi connectivity index (χ0v) is 8.04. The predicted molar refractivity (Wildman–Crippen MR) is 50.2 cm³/mol. The molecule has 0 spiro atoms. The number of rotatable bonds is 1. The van der Waals surface area contributed by atoms with E-state index in [1.54, 1.807) is 24.3 Å². The highest BCUT2D eigenvalue weighted by Crippen LogP contribution is 2.17. The van der Waals surface area contributed by atoms with Crippen molar-refractivity contribution in [3.05, 3.63) is 41.4 Å². The number of nitrogens with zero attached hydrogens (tertiary/aromatic N) is 3. The molecule has 2 aromatic rings. The summed E-state index contributed by atoms with van der Waals surface area (Å²) in [5.41, 5.74) is 0.472. The maximum atomic E-state index is 12.7. The van der Waals surface area contributed by atoms with Crippen LogP contribution in [0, 0.1) is 12.2 Å². The van der Waals surface area contributed by atoms with E-state index in [0.29, 0.717) is 10.6 Å². The zero-order valence-electron chi connectivity index (χ0n) is 7.28. The normalized spacial score (nSPS) is 10.3. The lowest BCUT2D eigenvalue weighted by Gasteiger charge is -1.99. The van der Waals surface area contributed by atoms with Gasteiger partial charge in [0.1, 0.15) is 0 Å². The van der Waals surface area contributed by atoms with Gasteiger partial charge in [-0.05, 0) is 24.3 Å². The van der Waals surface area contributed by atoms with Gasteiger partial charge in [-0.2, -0.15) is 23.7 Å². The summed E-state index contributed by atoms with van der Waals surface area (Å²) in [7, 11) is 0. The molecule has 0 N–H and O–H groups in total. The lowest BCUT2D eigenvalue weighted by molar-refractivity contribution is 0.457. The molecular weight excluding hydrogens is 224 g/mol. The molecule has 3 nitrogen and oxygen atoms in total. The molecule has 6 heteroatoms. The monoisotopic (exact) mass is 227 g/mol. The molecule has 0 amide bonds. The minimum Gasteiger partial charge on any atom is -0.182 e. The Labute approximate surface area is 88.8 Å². The van der Waals surface area contributed by atoms with E-state index in [0.717, 1.165) is 0 Å². The highest BCUT2D eigenvalue weighted by molar-refractivity contribution is 6.30. The number of hydrogen-bond acceptors (Lipinski definition) is 3. The summed E-state index contributed by atoms with van der Waals surface area (Å²) in [4.78, 5) is 9.52. The first-order valence-corrected chi connectivity index (χ1v) is 4.36. The molecule has 0 saturated carbocycles. The molecule has 2 rings (SSSR count). The van der Waals surface area contributed by atoms with Crippen LogP contribution in [0.4, 0.5) is 8.78 Å². The summed E-state index contributed by atoms with van der Waals surface area (Å²) in [6, 6.07) is 6.29. The Balaban J connectivity index is 2.49. The van der Waals surface area contributed by atoms with Crippen LogP contribution in [-0.2, 0) is 0 Å². The zero-order chi connectivity index (χ0) is 10.8. The third kappa shape index (κ3) is 2.24. The fraction of sp³-hybridized carbons (Fsp3) is 0. The minimum absolute atomic E-state index is 0.0586. The van der Waals surface area contributed by atoms with Gasteiger partial charge in [0.25, 0.3) is 0 Å². The molecule has 15 heavy (non-hydrogen) atoms. The van der Waals surface area contributed by atoms with Gasteiger partial charge in [0.15, 0.2) is 5.82 Å². The van der Waals surface area contributed by atoms with Gasteiger partial charge in [0, 0.05) is 10.6 Å². The number of hydrogen-bond donors (Lipinski definition) is 0. The first-order valence-electron chi connectivity index (χ1n) is 3.98. The van der Waals surface area contributed by atoms with Crippen molar-refractivity contribution >= 4 is 11.6 Å². The van der Waals surface area contributed by atoms with Crippen molar-refractivity contribution in [2.45, 2.75) is 0 Å². The molecule has 1 aromatic heterocycles. The molecule has 0 fully saturated rings. The summed E-state index contributed by atoms with van der Waals surface area (Å²) in [5, 5.41) is 0.522. The van der Waals surface area contributed by atoms with E-state index in [-0.39, 0.29) is 5.82 Å². The van der Waals surface area contributed by atoms with Gasteiger partial charge in [0.05, 0.1) is 0 Å². The Hall–Kier alpha value is -1.62. The summed E-state index contributed by atoms with van der Waals surface area (Å²) in [6.07, 6.45) is -2.29. The second-order valence-corrected chi connectivity index (χ2v) is 3.14. The van der Waals surface area contributed by atoms with Crippen molar-refractivity contribution in [2.75, 3.05) is 0 Å². The minimum atomic E-state index is -1.15. The second-order valence-electron chi connectivity index (χ2n) is 2.70. The molecule has 0 bridgehead atoms. The molecule has 1 heterocycles. The van der Waals surface area contributed by atoms with Crippen LogP contribution in [-0.4, -0.2) is 15.0 Å². The molecule has 0 atom stereocenters. The van der Waals surface area contributed by atoms with Crippen LogP contribution < -0.4 is 0 Å². The van der Waals surface area contributed by atoms with Crippen molar-refractivity contribution in [1.82, 2.24) is 15.0 Å². The van der Waals surface area contributed by atoms with E-state index in [4.69, 9.17) is 11.6 Å². The first kappa shape index (κ1) is 9.92. The van der Waals surface area contributed by atoms with Gasteiger partial charge >= 0.3 is 12.2 Å². The Morgan fingerprint density at radius 1 is 0.867 bits per heavy atom. The van der Waals surface area contributed by atoms with Crippen LogP contribution in [0.3, 0.4) is 0 Å². The van der Waals surface area contributed by atoms with Crippen molar-refractivity contribution in [1.29, 1.82) is 0 Å². The van der Waals surface area contributed by atoms with E-state index in [2.05, 4.69) is 15.0 Å². The van der Waals surface area contributed by atoms with Gasteiger partial charge in [-0.15, -0.1) is 0 Å². The molecule has 0 aliphatic heterocycles. The fourth-order valence-corrected chi connectivity index (χ4v) is 1.18. The summed E-state index contributed by atoms with van der Waals surface area (Å²) in [6.45, 7) is 0. The average Bonchev–Trinajstić information content (AvgIpc) is 2.17. The largest absolute Gasteiger partial charge is 0.314 e.